The second kappa shape index (κ2) is 4.44. The van der Waals surface area contributed by atoms with E-state index in [1.165, 1.54) is 0 Å². The Morgan fingerprint density at radius 2 is 2.19 bits per heavy atom. The molecule has 1 aromatic carbocycles. The number of halogens is 1. The number of rotatable bonds is 2. The number of nitrogens with zero attached hydrogens (tertiary/aromatic N) is 1. The van der Waals surface area contributed by atoms with Crippen molar-refractivity contribution in [3.63, 3.8) is 0 Å². The maximum atomic E-state index is 12.2. The summed E-state index contributed by atoms with van der Waals surface area (Å²) < 4.78 is 26.2. The van der Waals surface area contributed by atoms with Gasteiger partial charge in [0.2, 0.25) is 0 Å². The van der Waals surface area contributed by atoms with Gasteiger partial charge in [-0.15, -0.1) is 0 Å². The lowest BCUT2D eigenvalue weighted by molar-refractivity contribution is -0.0284. The van der Waals surface area contributed by atoms with E-state index in [9.17, 15) is 8.42 Å². The summed E-state index contributed by atoms with van der Waals surface area (Å²) in [6.07, 6.45) is 0.742. The summed E-state index contributed by atoms with van der Waals surface area (Å²) in [7, 11) is -3.51. The molecule has 0 bridgehead atoms. The average Bonchev–Trinajstić information content (AvgIpc) is 2.75. The fraction of sp³-hybridized carbons (Fsp3) is 0.400. The zero-order valence-electron chi connectivity index (χ0n) is 8.81. The fourth-order valence-electron chi connectivity index (χ4n) is 1.58. The molecule has 1 aliphatic rings. The van der Waals surface area contributed by atoms with Crippen molar-refractivity contribution < 1.29 is 13.3 Å². The summed E-state index contributed by atoms with van der Waals surface area (Å²) in [5, 5.41) is 0. The van der Waals surface area contributed by atoms with E-state index >= 15 is 0 Å². The zero-order valence-corrected chi connectivity index (χ0v) is 11.2. The third-order valence-electron chi connectivity index (χ3n) is 2.42. The molecular weight excluding hydrogens is 294 g/mol. The number of hydrogen-bond acceptors (Lipinski definition) is 3. The van der Waals surface area contributed by atoms with Gasteiger partial charge in [0.05, 0.1) is 11.5 Å². The molecule has 0 radical (unpaired) electrons. The van der Waals surface area contributed by atoms with E-state index in [2.05, 4.69) is 15.9 Å². The van der Waals surface area contributed by atoms with Gasteiger partial charge < -0.3 is 0 Å². The monoisotopic (exact) mass is 305 g/mol. The van der Waals surface area contributed by atoms with Gasteiger partial charge in [0.15, 0.2) is 0 Å². The van der Waals surface area contributed by atoms with Gasteiger partial charge in [-0.05, 0) is 31.0 Å². The fourth-order valence-corrected chi connectivity index (χ4v) is 3.64. The predicted octanol–water partition coefficient (Wildman–Crippen LogP) is 2.08. The summed E-state index contributed by atoms with van der Waals surface area (Å²) in [4.78, 5) is 5.39. The molecule has 0 unspecified atom stereocenters. The molecule has 1 aliphatic heterocycles. The lowest BCUT2D eigenvalue weighted by atomic mass is 10.2. The van der Waals surface area contributed by atoms with Gasteiger partial charge in [-0.25, -0.2) is 8.42 Å². The Morgan fingerprint density at radius 1 is 1.44 bits per heavy atom. The lowest BCUT2D eigenvalue weighted by Crippen LogP contribution is -2.27. The van der Waals surface area contributed by atoms with Gasteiger partial charge in [0.25, 0.3) is 10.0 Å². The Kier molecular flexibility index (Phi) is 3.34. The van der Waals surface area contributed by atoms with Crippen molar-refractivity contribution >= 4 is 26.0 Å². The molecule has 0 atom stereocenters. The van der Waals surface area contributed by atoms with E-state index in [0.717, 1.165) is 20.9 Å². The number of benzene rings is 1. The predicted molar refractivity (Wildman–Crippen MR) is 63.3 cm³/mol. The van der Waals surface area contributed by atoms with E-state index in [1.807, 2.05) is 6.07 Å². The van der Waals surface area contributed by atoms with E-state index < -0.39 is 10.0 Å². The molecule has 0 N–H and O–H groups in total. The van der Waals surface area contributed by atoms with Crippen molar-refractivity contribution in [2.75, 3.05) is 13.2 Å². The molecule has 0 aromatic heterocycles. The highest BCUT2D eigenvalue weighted by Gasteiger charge is 2.29. The van der Waals surface area contributed by atoms with Crippen LogP contribution in [0.2, 0.25) is 0 Å². The van der Waals surface area contributed by atoms with E-state index in [1.54, 1.807) is 19.1 Å². The highest BCUT2D eigenvalue weighted by atomic mass is 79.9. The maximum Gasteiger partial charge on any atom is 0.265 e. The SMILES string of the molecule is Cc1ccc(Br)cc1S(=O)(=O)N1CCCO1. The highest BCUT2D eigenvalue weighted by Crippen LogP contribution is 2.25. The third-order valence-corrected chi connectivity index (χ3v) is 4.73. The number of aryl methyl sites for hydroxylation is 1. The largest absolute Gasteiger partial charge is 0.284 e. The second-order valence-electron chi connectivity index (χ2n) is 3.63. The van der Waals surface area contributed by atoms with Crippen molar-refractivity contribution in [1.82, 2.24) is 4.47 Å². The summed E-state index contributed by atoms with van der Waals surface area (Å²) >= 11 is 3.27. The summed E-state index contributed by atoms with van der Waals surface area (Å²) in [5.74, 6) is 0. The van der Waals surface area contributed by atoms with Crippen LogP contribution in [0.15, 0.2) is 27.6 Å². The standard InChI is InChI=1S/C10H12BrNO3S/c1-8-3-4-9(11)7-10(8)16(13,14)12-5-2-6-15-12/h3-4,7H,2,5-6H2,1H3. The van der Waals surface area contributed by atoms with Crippen LogP contribution in [0.4, 0.5) is 0 Å². The summed E-state index contributed by atoms with van der Waals surface area (Å²) in [6.45, 7) is 2.66. The minimum absolute atomic E-state index is 0.295. The first-order chi connectivity index (χ1) is 7.51. The Bertz CT molecular complexity index is 495. The first kappa shape index (κ1) is 12.0. The van der Waals surface area contributed by atoms with Gasteiger partial charge in [-0.3, -0.25) is 4.84 Å². The first-order valence-corrected chi connectivity index (χ1v) is 7.17. The Labute approximate surface area is 103 Å². The average molecular weight is 306 g/mol. The third kappa shape index (κ3) is 2.15. The van der Waals surface area contributed by atoms with Crippen LogP contribution in [0.1, 0.15) is 12.0 Å². The van der Waals surface area contributed by atoms with Crippen LogP contribution in [-0.2, 0) is 14.9 Å². The van der Waals surface area contributed by atoms with Crippen LogP contribution in [0.3, 0.4) is 0 Å². The molecule has 4 nitrogen and oxygen atoms in total. The van der Waals surface area contributed by atoms with Crippen molar-refractivity contribution in [3.05, 3.63) is 28.2 Å². The Hall–Kier alpha value is -0.430. The molecule has 1 fully saturated rings. The number of hydroxylamine groups is 1. The van der Waals surface area contributed by atoms with Gasteiger partial charge in [0.1, 0.15) is 0 Å². The van der Waals surface area contributed by atoms with Gasteiger partial charge in [-0.2, -0.15) is 0 Å². The van der Waals surface area contributed by atoms with Crippen molar-refractivity contribution in [2.45, 2.75) is 18.2 Å². The summed E-state index contributed by atoms with van der Waals surface area (Å²) in [5.41, 5.74) is 0.721. The molecule has 0 amide bonds. The van der Waals surface area contributed by atoms with Crippen LogP contribution in [-0.4, -0.2) is 26.0 Å². The van der Waals surface area contributed by atoms with Gasteiger partial charge in [0, 0.05) is 11.0 Å². The Balaban J connectivity index is 2.46. The molecule has 6 heteroatoms. The first-order valence-electron chi connectivity index (χ1n) is 4.93. The Morgan fingerprint density at radius 3 is 2.81 bits per heavy atom. The van der Waals surface area contributed by atoms with Crippen LogP contribution >= 0.6 is 15.9 Å². The van der Waals surface area contributed by atoms with Crippen LogP contribution in [0.25, 0.3) is 0 Å². The van der Waals surface area contributed by atoms with Gasteiger partial charge >= 0.3 is 0 Å². The molecule has 0 spiro atoms. The van der Waals surface area contributed by atoms with E-state index in [0.29, 0.717) is 18.0 Å². The molecular formula is C10H12BrNO3S. The van der Waals surface area contributed by atoms with Crippen LogP contribution < -0.4 is 0 Å². The van der Waals surface area contributed by atoms with E-state index in [-0.39, 0.29) is 0 Å². The summed E-state index contributed by atoms with van der Waals surface area (Å²) in [6, 6.07) is 5.19. The van der Waals surface area contributed by atoms with Crippen LogP contribution in [0.5, 0.6) is 0 Å². The molecule has 1 heterocycles. The molecule has 16 heavy (non-hydrogen) atoms. The molecule has 1 aromatic rings. The van der Waals surface area contributed by atoms with Crippen molar-refractivity contribution in [2.24, 2.45) is 0 Å². The van der Waals surface area contributed by atoms with Crippen LogP contribution in [0, 0.1) is 6.92 Å². The molecule has 2 rings (SSSR count). The number of sulfonamides is 1. The quantitative estimate of drug-likeness (QED) is 0.840. The molecule has 0 aliphatic carbocycles. The second-order valence-corrected chi connectivity index (χ2v) is 6.34. The smallest absolute Gasteiger partial charge is 0.265 e. The van der Waals surface area contributed by atoms with E-state index in [4.69, 9.17) is 4.84 Å². The maximum absolute atomic E-state index is 12.2. The number of hydrogen-bond donors (Lipinski definition) is 0. The molecule has 88 valence electrons. The zero-order chi connectivity index (χ0) is 11.8. The normalized spacial score (nSPS) is 17.9. The molecule has 0 saturated carbocycles. The highest BCUT2D eigenvalue weighted by molar-refractivity contribution is 9.10. The minimum atomic E-state index is -3.51. The van der Waals surface area contributed by atoms with Crippen molar-refractivity contribution in [3.8, 4) is 0 Å². The van der Waals surface area contributed by atoms with Crippen molar-refractivity contribution in [1.29, 1.82) is 0 Å². The molecule has 1 saturated heterocycles. The topological polar surface area (TPSA) is 46.6 Å². The minimum Gasteiger partial charge on any atom is -0.284 e. The van der Waals surface area contributed by atoms with Gasteiger partial charge in [-0.1, -0.05) is 26.5 Å². The lowest BCUT2D eigenvalue weighted by Gasteiger charge is -2.15.